The van der Waals surface area contributed by atoms with Crippen molar-refractivity contribution in [3.63, 3.8) is 0 Å². The molecule has 0 aliphatic heterocycles. The average molecular weight is 585 g/mol. The summed E-state index contributed by atoms with van der Waals surface area (Å²) in [5, 5.41) is 8.90. The molecule has 0 amide bonds. The summed E-state index contributed by atoms with van der Waals surface area (Å²) in [4.78, 5) is 10.8. The van der Waals surface area contributed by atoms with Crippen LogP contribution in [-0.2, 0) is 4.79 Å². The number of aliphatic carboxylic acids is 1. The molecule has 232 valence electrons. The van der Waals surface area contributed by atoms with Gasteiger partial charge in [0.2, 0.25) is 0 Å². The summed E-state index contributed by atoms with van der Waals surface area (Å²) in [5.74, 6) is 1.10. The molecule has 5 heteroatoms. The van der Waals surface area contributed by atoms with Crippen LogP contribution < -0.4 is 9.16 Å². The van der Waals surface area contributed by atoms with Crippen LogP contribution in [0.5, 0.6) is 11.5 Å². The quantitative estimate of drug-likeness (QED) is 0.0887. The van der Waals surface area contributed by atoms with Crippen LogP contribution in [0.15, 0.2) is 48.6 Å². The molecule has 0 unspecified atom stereocenters. The lowest BCUT2D eigenvalue weighted by Gasteiger charge is -2.42. The van der Waals surface area contributed by atoms with Gasteiger partial charge in [-0.3, -0.25) is 4.79 Å². The number of carboxylic acids is 1. The molecule has 1 rings (SSSR count). The maximum Gasteiger partial charge on any atom is 0.303 e. The van der Waals surface area contributed by atoms with E-state index in [0.29, 0.717) is 16.6 Å². The van der Waals surface area contributed by atoms with Crippen LogP contribution >= 0.6 is 0 Å². The monoisotopic (exact) mass is 584 g/mol. The zero-order valence-electron chi connectivity index (χ0n) is 27.7. The zero-order valence-corrected chi connectivity index (χ0v) is 28.7. The molecule has 0 aliphatic carbocycles. The lowest BCUT2D eigenvalue weighted by molar-refractivity contribution is -0.137. The van der Waals surface area contributed by atoms with Crippen molar-refractivity contribution < 1.29 is 19.1 Å². The number of hydrogen-bond acceptors (Lipinski definition) is 3. The smallest absolute Gasteiger partial charge is 0.303 e. The van der Waals surface area contributed by atoms with Crippen molar-refractivity contribution in [1.82, 2.24) is 0 Å². The standard InChI is InChI=1S/C36H60O4Si/c1-10-11-12-13-14-16-19-22-32(23-20-17-15-18-21-24-36(37)38)33-25-34(39-28(2)3)27-35(26-33)40-41(29(4)5,30(6)7)31(8)9/h11-12,14,16,22,25-31H,10,13,15,17-21,23-24H2,1-9H3,(H,37,38)/b12-11?,16-14-,32-22?. The van der Waals surface area contributed by atoms with Gasteiger partial charge in [0, 0.05) is 12.5 Å². The van der Waals surface area contributed by atoms with E-state index in [1.807, 2.05) is 0 Å². The van der Waals surface area contributed by atoms with E-state index < -0.39 is 14.3 Å². The minimum Gasteiger partial charge on any atom is -0.543 e. The third-order valence-electron chi connectivity index (χ3n) is 7.80. The van der Waals surface area contributed by atoms with E-state index in [1.54, 1.807) is 0 Å². The van der Waals surface area contributed by atoms with Gasteiger partial charge in [0.05, 0.1) is 6.10 Å². The van der Waals surface area contributed by atoms with Crippen LogP contribution in [0, 0.1) is 0 Å². The van der Waals surface area contributed by atoms with Crippen LogP contribution in [0.4, 0.5) is 0 Å². The summed E-state index contributed by atoms with van der Waals surface area (Å²) in [5.41, 5.74) is 3.98. The van der Waals surface area contributed by atoms with Gasteiger partial charge in [-0.1, -0.05) is 98.1 Å². The Kier molecular flexibility index (Phi) is 17.7. The molecule has 0 atom stereocenters. The van der Waals surface area contributed by atoms with Gasteiger partial charge in [-0.2, -0.15) is 0 Å². The number of allylic oxidation sites excluding steroid dienone is 6. The number of hydrogen-bond donors (Lipinski definition) is 1. The van der Waals surface area contributed by atoms with Crippen LogP contribution in [0.3, 0.4) is 0 Å². The molecule has 0 saturated heterocycles. The molecule has 0 aromatic heterocycles. The van der Waals surface area contributed by atoms with Crippen molar-refractivity contribution in [2.24, 2.45) is 0 Å². The summed E-state index contributed by atoms with van der Waals surface area (Å²) in [7, 11) is -2.12. The first-order chi connectivity index (χ1) is 19.4. The van der Waals surface area contributed by atoms with Crippen molar-refractivity contribution in [1.29, 1.82) is 0 Å². The number of carbonyl (C=O) groups is 1. The molecule has 0 fully saturated rings. The van der Waals surface area contributed by atoms with Crippen LogP contribution in [0.25, 0.3) is 5.57 Å². The lowest BCUT2D eigenvalue weighted by Crippen LogP contribution is -2.50. The Labute approximate surface area is 253 Å². The topological polar surface area (TPSA) is 55.8 Å². The molecule has 0 spiro atoms. The van der Waals surface area contributed by atoms with Gasteiger partial charge in [-0.05, 0) is 92.3 Å². The maximum atomic E-state index is 10.8. The van der Waals surface area contributed by atoms with Crippen molar-refractivity contribution >= 4 is 19.9 Å². The van der Waals surface area contributed by atoms with E-state index in [2.05, 4.69) is 111 Å². The van der Waals surface area contributed by atoms with E-state index in [9.17, 15) is 4.79 Å². The normalized spacial score (nSPS) is 13.0. The Bertz CT molecular complexity index is 950. The Hall–Kier alpha value is -2.27. The van der Waals surface area contributed by atoms with Crippen LogP contribution in [0.2, 0.25) is 16.6 Å². The highest BCUT2D eigenvalue weighted by molar-refractivity contribution is 6.78. The molecule has 0 heterocycles. The van der Waals surface area contributed by atoms with Crippen molar-refractivity contribution in [3.8, 4) is 11.5 Å². The first-order valence-corrected chi connectivity index (χ1v) is 18.3. The zero-order chi connectivity index (χ0) is 30.8. The summed E-state index contributed by atoms with van der Waals surface area (Å²) in [6.45, 7) is 20.3. The minimum atomic E-state index is -2.12. The fourth-order valence-corrected chi connectivity index (χ4v) is 11.2. The molecular formula is C36H60O4Si. The van der Waals surface area contributed by atoms with E-state index in [1.165, 1.54) is 11.1 Å². The Morgan fingerprint density at radius 1 is 0.756 bits per heavy atom. The van der Waals surface area contributed by atoms with Gasteiger partial charge in [0.15, 0.2) is 0 Å². The second kappa shape index (κ2) is 19.8. The SMILES string of the molecule is CCC=CC/C=C\CC=C(CCCCCCCC(=O)O)c1cc(OC(C)C)cc(O[Si](C(C)C)(C(C)C)C(C)C)c1. The van der Waals surface area contributed by atoms with Gasteiger partial charge in [-0.25, -0.2) is 0 Å². The first kappa shape index (κ1) is 36.8. The molecule has 4 nitrogen and oxygen atoms in total. The second-order valence-corrected chi connectivity index (χ2v) is 17.9. The molecule has 0 radical (unpaired) electrons. The average Bonchev–Trinajstić information content (AvgIpc) is 2.88. The van der Waals surface area contributed by atoms with E-state index in [4.69, 9.17) is 14.3 Å². The third-order valence-corrected chi connectivity index (χ3v) is 13.8. The fraction of sp³-hybridized carbons (Fsp3) is 0.639. The Balaban J connectivity index is 3.33. The van der Waals surface area contributed by atoms with E-state index >= 15 is 0 Å². The maximum absolute atomic E-state index is 10.8. The fourth-order valence-electron chi connectivity index (χ4n) is 5.94. The lowest BCUT2D eigenvalue weighted by atomic mass is 9.97. The molecule has 0 aliphatic rings. The van der Waals surface area contributed by atoms with Crippen molar-refractivity contribution in [2.75, 3.05) is 0 Å². The minimum absolute atomic E-state index is 0.0812. The van der Waals surface area contributed by atoms with Crippen molar-refractivity contribution in [2.45, 2.75) is 149 Å². The molecule has 0 bridgehead atoms. The molecular weight excluding hydrogens is 524 g/mol. The van der Waals surface area contributed by atoms with Crippen LogP contribution in [0.1, 0.15) is 132 Å². The molecule has 1 aromatic carbocycles. The summed E-state index contributed by atoms with van der Waals surface area (Å²) in [6.07, 6.45) is 20.5. The number of ether oxygens (including phenoxy) is 1. The first-order valence-electron chi connectivity index (χ1n) is 16.2. The molecule has 1 N–H and O–H groups in total. The van der Waals surface area contributed by atoms with E-state index in [0.717, 1.165) is 69.3 Å². The van der Waals surface area contributed by atoms with Crippen molar-refractivity contribution in [3.05, 3.63) is 54.1 Å². The third kappa shape index (κ3) is 13.5. The Morgan fingerprint density at radius 2 is 1.29 bits per heavy atom. The highest BCUT2D eigenvalue weighted by atomic mass is 28.4. The Morgan fingerprint density at radius 3 is 1.85 bits per heavy atom. The number of rotatable bonds is 21. The van der Waals surface area contributed by atoms with Gasteiger partial charge in [0.1, 0.15) is 11.5 Å². The number of carboxylic acid groups (broad SMARTS) is 1. The summed E-state index contributed by atoms with van der Waals surface area (Å²) in [6, 6.07) is 6.52. The molecule has 41 heavy (non-hydrogen) atoms. The van der Waals surface area contributed by atoms with Gasteiger partial charge in [-0.15, -0.1) is 0 Å². The summed E-state index contributed by atoms with van der Waals surface area (Å²) < 4.78 is 13.4. The van der Waals surface area contributed by atoms with Gasteiger partial charge in [0.25, 0.3) is 8.32 Å². The van der Waals surface area contributed by atoms with Crippen LogP contribution in [-0.4, -0.2) is 25.5 Å². The number of benzene rings is 1. The number of unbranched alkanes of at least 4 members (excludes halogenated alkanes) is 4. The summed E-state index contributed by atoms with van der Waals surface area (Å²) >= 11 is 0. The molecule has 0 saturated carbocycles. The highest BCUT2D eigenvalue weighted by Crippen LogP contribution is 2.44. The van der Waals surface area contributed by atoms with E-state index in [-0.39, 0.29) is 12.5 Å². The van der Waals surface area contributed by atoms with Gasteiger partial charge < -0.3 is 14.3 Å². The molecule has 1 aromatic rings. The second-order valence-electron chi connectivity index (χ2n) is 12.5. The predicted octanol–water partition coefficient (Wildman–Crippen LogP) is 11.5. The van der Waals surface area contributed by atoms with Gasteiger partial charge >= 0.3 is 5.97 Å². The predicted molar refractivity (Wildman–Crippen MR) is 180 cm³/mol. The highest BCUT2D eigenvalue weighted by Gasteiger charge is 2.47. The largest absolute Gasteiger partial charge is 0.543 e.